The van der Waals surface area contributed by atoms with Gasteiger partial charge in [0.15, 0.2) is 0 Å². The van der Waals surface area contributed by atoms with E-state index in [-0.39, 0.29) is 24.2 Å². The number of hydrogen-bond donors (Lipinski definition) is 2. The van der Waals surface area contributed by atoms with Crippen molar-refractivity contribution in [2.45, 2.75) is 25.7 Å². The van der Waals surface area contributed by atoms with Crippen LogP contribution < -0.4 is 15.8 Å². The number of carbonyl (C=O) groups is 1. The summed E-state index contributed by atoms with van der Waals surface area (Å²) in [6, 6.07) is 3.99. The van der Waals surface area contributed by atoms with Gasteiger partial charge in [0.25, 0.3) is 0 Å². The number of rotatable bonds is 8. The van der Waals surface area contributed by atoms with Crippen molar-refractivity contribution < 1.29 is 18.7 Å². The zero-order valence-electron chi connectivity index (χ0n) is 12.6. The summed E-state index contributed by atoms with van der Waals surface area (Å²) >= 11 is 0. The second-order valence-electron chi connectivity index (χ2n) is 5.42. The molecule has 0 aliphatic heterocycles. The van der Waals surface area contributed by atoms with Crippen molar-refractivity contribution in [2.75, 3.05) is 32.1 Å². The highest BCUT2D eigenvalue weighted by molar-refractivity contribution is 5.78. The van der Waals surface area contributed by atoms with Gasteiger partial charge < -0.3 is 20.5 Å². The molecular weight excluding hydrogens is 287 g/mol. The maximum absolute atomic E-state index is 13.0. The van der Waals surface area contributed by atoms with E-state index < -0.39 is 0 Å². The van der Waals surface area contributed by atoms with Crippen molar-refractivity contribution in [1.29, 1.82) is 0 Å². The Kier molecular flexibility index (Phi) is 6.45. The molecule has 1 amide bonds. The molecule has 6 heteroatoms. The van der Waals surface area contributed by atoms with Crippen LogP contribution in [0.2, 0.25) is 0 Å². The highest BCUT2D eigenvalue weighted by atomic mass is 19.1. The SMILES string of the molecule is Nc1ccc(F)cc1OCCOCCNC(=O)C1CCCC1. The first-order chi connectivity index (χ1) is 10.7. The largest absolute Gasteiger partial charge is 0.489 e. The number of benzene rings is 1. The van der Waals surface area contributed by atoms with E-state index in [0.29, 0.717) is 31.2 Å². The van der Waals surface area contributed by atoms with E-state index in [1.807, 2.05) is 0 Å². The van der Waals surface area contributed by atoms with Gasteiger partial charge in [0.05, 0.1) is 18.9 Å². The Hall–Kier alpha value is -1.82. The quantitative estimate of drug-likeness (QED) is 0.570. The summed E-state index contributed by atoms with van der Waals surface area (Å²) in [4.78, 5) is 11.7. The van der Waals surface area contributed by atoms with Crippen molar-refractivity contribution >= 4 is 11.6 Å². The molecule has 1 aromatic carbocycles. The summed E-state index contributed by atoms with van der Waals surface area (Å²) in [7, 11) is 0. The predicted octanol–water partition coefficient (Wildman–Crippen LogP) is 2.11. The first-order valence-electron chi connectivity index (χ1n) is 7.70. The molecule has 122 valence electrons. The highest BCUT2D eigenvalue weighted by Crippen LogP contribution is 2.24. The second kappa shape index (κ2) is 8.58. The highest BCUT2D eigenvalue weighted by Gasteiger charge is 2.21. The average molecular weight is 310 g/mol. The lowest BCUT2D eigenvalue weighted by Crippen LogP contribution is -2.32. The number of hydrogen-bond acceptors (Lipinski definition) is 4. The fourth-order valence-corrected chi connectivity index (χ4v) is 2.52. The fourth-order valence-electron chi connectivity index (χ4n) is 2.52. The monoisotopic (exact) mass is 310 g/mol. The van der Waals surface area contributed by atoms with Gasteiger partial charge in [0.1, 0.15) is 18.2 Å². The van der Waals surface area contributed by atoms with Crippen LogP contribution in [0.15, 0.2) is 18.2 Å². The number of ether oxygens (including phenoxy) is 2. The Balaban J connectivity index is 1.52. The van der Waals surface area contributed by atoms with E-state index in [1.165, 1.54) is 18.2 Å². The third-order valence-corrected chi connectivity index (χ3v) is 3.73. The maximum atomic E-state index is 13.0. The molecule has 22 heavy (non-hydrogen) atoms. The van der Waals surface area contributed by atoms with Crippen LogP contribution in [0.25, 0.3) is 0 Å². The molecule has 1 aliphatic carbocycles. The van der Waals surface area contributed by atoms with E-state index in [9.17, 15) is 9.18 Å². The molecule has 0 heterocycles. The van der Waals surface area contributed by atoms with Crippen LogP contribution in [-0.4, -0.2) is 32.3 Å². The molecule has 0 unspecified atom stereocenters. The van der Waals surface area contributed by atoms with Crippen LogP contribution in [0, 0.1) is 11.7 Å². The molecule has 5 nitrogen and oxygen atoms in total. The first kappa shape index (κ1) is 16.5. The van der Waals surface area contributed by atoms with Crippen LogP contribution >= 0.6 is 0 Å². The summed E-state index contributed by atoms with van der Waals surface area (Å²) in [6.07, 6.45) is 4.29. The van der Waals surface area contributed by atoms with Crippen LogP contribution in [0.5, 0.6) is 5.75 Å². The van der Waals surface area contributed by atoms with Gasteiger partial charge in [0.2, 0.25) is 5.91 Å². The van der Waals surface area contributed by atoms with Gasteiger partial charge in [-0.2, -0.15) is 0 Å². The minimum absolute atomic E-state index is 0.130. The molecule has 0 atom stereocenters. The summed E-state index contributed by atoms with van der Waals surface area (Å²) < 4.78 is 23.7. The number of nitrogens with two attached hydrogens (primary N) is 1. The van der Waals surface area contributed by atoms with Gasteiger partial charge in [-0.3, -0.25) is 4.79 Å². The van der Waals surface area contributed by atoms with Gasteiger partial charge >= 0.3 is 0 Å². The summed E-state index contributed by atoms with van der Waals surface area (Å²) in [5, 5.41) is 2.88. The van der Waals surface area contributed by atoms with Gasteiger partial charge in [-0.25, -0.2) is 4.39 Å². The van der Waals surface area contributed by atoms with Gasteiger partial charge in [-0.1, -0.05) is 12.8 Å². The Labute approximate surface area is 130 Å². The molecule has 0 saturated heterocycles. The minimum atomic E-state index is -0.389. The smallest absolute Gasteiger partial charge is 0.223 e. The number of nitrogen functional groups attached to an aromatic ring is 1. The zero-order chi connectivity index (χ0) is 15.8. The molecule has 0 aromatic heterocycles. The molecule has 1 saturated carbocycles. The second-order valence-corrected chi connectivity index (χ2v) is 5.42. The standard InChI is InChI=1S/C16H23FN2O3/c17-13-5-6-14(18)15(11-13)22-10-9-21-8-7-19-16(20)12-3-1-2-4-12/h5-6,11-12H,1-4,7-10,18H2,(H,19,20). The Morgan fingerprint density at radius 1 is 1.27 bits per heavy atom. The fraction of sp³-hybridized carbons (Fsp3) is 0.562. The summed E-state index contributed by atoms with van der Waals surface area (Å²) in [5.41, 5.74) is 6.06. The minimum Gasteiger partial charge on any atom is -0.489 e. The molecule has 1 fully saturated rings. The first-order valence-corrected chi connectivity index (χ1v) is 7.70. The van der Waals surface area contributed by atoms with Crippen molar-refractivity contribution in [3.8, 4) is 5.75 Å². The van der Waals surface area contributed by atoms with E-state index in [1.54, 1.807) is 0 Å². The van der Waals surface area contributed by atoms with Crippen molar-refractivity contribution in [2.24, 2.45) is 5.92 Å². The topological polar surface area (TPSA) is 73.6 Å². The van der Waals surface area contributed by atoms with E-state index in [4.69, 9.17) is 15.2 Å². The van der Waals surface area contributed by atoms with Crippen molar-refractivity contribution in [1.82, 2.24) is 5.32 Å². The normalized spacial score (nSPS) is 15.0. The lowest BCUT2D eigenvalue weighted by atomic mass is 10.1. The molecule has 0 spiro atoms. The number of amides is 1. The van der Waals surface area contributed by atoms with Gasteiger partial charge in [0, 0.05) is 18.5 Å². The van der Waals surface area contributed by atoms with Crippen LogP contribution in [0.1, 0.15) is 25.7 Å². The molecule has 3 N–H and O–H groups in total. The van der Waals surface area contributed by atoms with Gasteiger partial charge in [-0.05, 0) is 25.0 Å². The van der Waals surface area contributed by atoms with Crippen molar-refractivity contribution in [3.63, 3.8) is 0 Å². The number of anilines is 1. The number of carbonyl (C=O) groups excluding carboxylic acids is 1. The molecule has 0 bridgehead atoms. The van der Waals surface area contributed by atoms with Crippen LogP contribution in [0.4, 0.5) is 10.1 Å². The molecule has 1 aromatic rings. The van der Waals surface area contributed by atoms with Crippen LogP contribution in [-0.2, 0) is 9.53 Å². The Bertz CT molecular complexity index is 490. The van der Waals surface area contributed by atoms with Crippen LogP contribution in [0.3, 0.4) is 0 Å². The van der Waals surface area contributed by atoms with Crippen molar-refractivity contribution in [3.05, 3.63) is 24.0 Å². The number of halogens is 1. The lowest BCUT2D eigenvalue weighted by molar-refractivity contribution is -0.125. The molecule has 0 radical (unpaired) electrons. The average Bonchev–Trinajstić information content (AvgIpc) is 3.04. The summed E-state index contributed by atoms with van der Waals surface area (Å²) in [6.45, 7) is 1.57. The molecular formula is C16H23FN2O3. The van der Waals surface area contributed by atoms with E-state index >= 15 is 0 Å². The third-order valence-electron chi connectivity index (χ3n) is 3.73. The van der Waals surface area contributed by atoms with E-state index in [2.05, 4.69) is 5.32 Å². The maximum Gasteiger partial charge on any atom is 0.223 e. The Morgan fingerprint density at radius 2 is 2.05 bits per heavy atom. The summed E-state index contributed by atoms with van der Waals surface area (Å²) in [5.74, 6) is 0.238. The van der Waals surface area contributed by atoms with Gasteiger partial charge in [-0.15, -0.1) is 0 Å². The third kappa shape index (κ3) is 5.18. The van der Waals surface area contributed by atoms with E-state index in [0.717, 1.165) is 25.7 Å². The Morgan fingerprint density at radius 3 is 2.82 bits per heavy atom. The zero-order valence-corrected chi connectivity index (χ0v) is 12.6. The lowest BCUT2D eigenvalue weighted by Gasteiger charge is -2.11. The molecule has 1 aliphatic rings. The number of nitrogens with one attached hydrogen (secondary N) is 1. The predicted molar refractivity (Wildman–Crippen MR) is 82.1 cm³/mol. The molecule has 2 rings (SSSR count).